The molecule has 28 heavy (non-hydrogen) atoms. The highest BCUT2D eigenvalue weighted by Gasteiger charge is 2.26. The van der Waals surface area contributed by atoms with Crippen molar-refractivity contribution < 1.29 is 18.9 Å². The first kappa shape index (κ1) is 22.5. The number of hydrogen-bond acceptors (Lipinski definition) is 4. The van der Waals surface area contributed by atoms with Gasteiger partial charge in [0.2, 0.25) is 0 Å². The monoisotopic (exact) mass is 396 g/mol. The van der Waals surface area contributed by atoms with Crippen molar-refractivity contribution in [3.8, 4) is 0 Å². The van der Waals surface area contributed by atoms with E-state index in [9.17, 15) is 0 Å². The van der Waals surface area contributed by atoms with Crippen molar-refractivity contribution in [3.63, 3.8) is 0 Å². The summed E-state index contributed by atoms with van der Waals surface area (Å²) in [7, 11) is 3.70. The van der Waals surface area contributed by atoms with Crippen LogP contribution in [-0.4, -0.2) is 52.9 Å². The first-order chi connectivity index (χ1) is 13.8. The van der Waals surface area contributed by atoms with Gasteiger partial charge in [-0.25, -0.2) is 0 Å². The van der Waals surface area contributed by atoms with E-state index in [1.54, 1.807) is 0 Å². The largest absolute Gasteiger partial charge is 0.381 e. The Bertz CT molecular complexity index is 379. The van der Waals surface area contributed by atoms with Crippen molar-refractivity contribution in [1.29, 1.82) is 0 Å². The Hall–Kier alpha value is -0.160. The van der Waals surface area contributed by atoms with Gasteiger partial charge in [-0.15, -0.1) is 0 Å². The van der Waals surface area contributed by atoms with Crippen LogP contribution in [-0.2, 0) is 18.9 Å². The Morgan fingerprint density at radius 3 is 1.25 bits per heavy atom. The second-order valence-electron chi connectivity index (χ2n) is 9.75. The van der Waals surface area contributed by atoms with Gasteiger partial charge in [0, 0.05) is 40.6 Å². The Morgan fingerprint density at radius 2 is 0.857 bits per heavy atom. The highest BCUT2D eigenvalue weighted by Crippen LogP contribution is 2.32. The minimum absolute atomic E-state index is 0.460. The first-order valence-electron chi connectivity index (χ1n) is 12.0. The molecule has 6 unspecified atom stereocenters. The van der Waals surface area contributed by atoms with E-state index in [1.807, 2.05) is 14.2 Å². The lowest BCUT2D eigenvalue weighted by Crippen LogP contribution is -2.28. The van der Waals surface area contributed by atoms with Crippen molar-refractivity contribution in [2.24, 2.45) is 23.7 Å². The van der Waals surface area contributed by atoms with Gasteiger partial charge in [0.15, 0.2) is 0 Å². The Balaban J connectivity index is 1.26. The zero-order valence-electron chi connectivity index (χ0n) is 18.4. The van der Waals surface area contributed by atoms with Crippen LogP contribution in [0.3, 0.4) is 0 Å². The van der Waals surface area contributed by atoms with Crippen LogP contribution < -0.4 is 0 Å². The van der Waals surface area contributed by atoms with E-state index in [-0.39, 0.29) is 0 Å². The van der Waals surface area contributed by atoms with Crippen LogP contribution in [0.2, 0.25) is 0 Å². The SMILES string of the molecule is COC1CCCC(COCC2CCCC(COCC3CCCC(OC)C3)C2)C1. The molecule has 3 saturated carbocycles. The van der Waals surface area contributed by atoms with Gasteiger partial charge in [-0.3, -0.25) is 0 Å². The fourth-order valence-corrected chi connectivity index (χ4v) is 5.72. The lowest BCUT2D eigenvalue weighted by molar-refractivity contribution is -0.00956. The molecule has 0 aromatic heterocycles. The maximum absolute atomic E-state index is 6.17. The molecule has 3 rings (SSSR count). The summed E-state index contributed by atoms with van der Waals surface area (Å²) >= 11 is 0. The number of hydrogen-bond donors (Lipinski definition) is 0. The fourth-order valence-electron chi connectivity index (χ4n) is 5.72. The molecule has 0 aliphatic heterocycles. The summed E-state index contributed by atoms with van der Waals surface area (Å²) in [6.45, 7) is 3.76. The van der Waals surface area contributed by atoms with Gasteiger partial charge in [-0.2, -0.15) is 0 Å². The molecule has 0 spiro atoms. The lowest BCUT2D eigenvalue weighted by atomic mass is 9.82. The zero-order chi connectivity index (χ0) is 19.6. The molecule has 0 bridgehead atoms. The van der Waals surface area contributed by atoms with Gasteiger partial charge < -0.3 is 18.9 Å². The van der Waals surface area contributed by atoms with Gasteiger partial charge >= 0.3 is 0 Å². The summed E-state index contributed by atoms with van der Waals surface area (Å²) in [6.07, 6.45) is 16.2. The van der Waals surface area contributed by atoms with E-state index in [1.165, 1.54) is 77.0 Å². The summed E-state index contributed by atoms with van der Waals surface area (Å²) in [5, 5.41) is 0. The smallest absolute Gasteiger partial charge is 0.0574 e. The second-order valence-corrected chi connectivity index (χ2v) is 9.75. The molecule has 0 radical (unpaired) electrons. The highest BCUT2D eigenvalue weighted by atomic mass is 16.5. The third-order valence-corrected chi connectivity index (χ3v) is 7.44. The average molecular weight is 397 g/mol. The molecular weight excluding hydrogens is 352 g/mol. The summed E-state index contributed by atoms with van der Waals surface area (Å²) in [5.41, 5.74) is 0. The minimum Gasteiger partial charge on any atom is -0.381 e. The van der Waals surface area contributed by atoms with E-state index >= 15 is 0 Å². The lowest BCUT2D eigenvalue weighted by Gasteiger charge is -2.32. The van der Waals surface area contributed by atoms with Crippen LogP contribution >= 0.6 is 0 Å². The van der Waals surface area contributed by atoms with Crippen LogP contribution in [0.25, 0.3) is 0 Å². The molecular formula is C24H44O4. The van der Waals surface area contributed by atoms with E-state index in [0.29, 0.717) is 24.0 Å². The van der Waals surface area contributed by atoms with Crippen LogP contribution in [0.4, 0.5) is 0 Å². The van der Waals surface area contributed by atoms with Gasteiger partial charge in [0.25, 0.3) is 0 Å². The minimum atomic E-state index is 0.460. The summed E-state index contributed by atoms with van der Waals surface area (Å²) in [5.74, 6) is 2.87. The molecule has 164 valence electrons. The van der Waals surface area contributed by atoms with Crippen molar-refractivity contribution in [3.05, 3.63) is 0 Å². The Morgan fingerprint density at radius 1 is 0.500 bits per heavy atom. The predicted octanol–water partition coefficient (Wildman–Crippen LogP) is 5.24. The van der Waals surface area contributed by atoms with E-state index in [4.69, 9.17) is 18.9 Å². The van der Waals surface area contributed by atoms with Gasteiger partial charge in [0.05, 0.1) is 12.2 Å². The maximum atomic E-state index is 6.17. The molecule has 0 aromatic rings. The van der Waals surface area contributed by atoms with Crippen LogP contribution in [0.1, 0.15) is 77.0 Å². The summed E-state index contributed by atoms with van der Waals surface area (Å²) in [4.78, 5) is 0. The molecule has 0 heterocycles. The number of methoxy groups -OCH3 is 2. The normalized spacial score (nSPS) is 37.1. The summed E-state index contributed by atoms with van der Waals surface area (Å²) < 4.78 is 23.4. The third-order valence-electron chi connectivity index (χ3n) is 7.44. The van der Waals surface area contributed by atoms with Crippen LogP contribution in [0.5, 0.6) is 0 Å². The van der Waals surface area contributed by atoms with E-state index < -0.39 is 0 Å². The quantitative estimate of drug-likeness (QED) is 0.506. The maximum Gasteiger partial charge on any atom is 0.0574 e. The molecule has 0 saturated heterocycles. The van der Waals surface area contributed by atoms with Gasteiger partial charge in [0.1, 0.15) is 0 Å². The standard InChI is InChI=1S/C24H44O4/c1-25-23-10-4-8-21(13-23)17-27-15-19-6-3-7-20(12-19)16-28-18-22-9-5-11-24(14-22)26-2/h19-24H,3-18H2,1-2H3. The molecule has 3 aliphatic rings. The molecule has 6 atom stereocenters. The molecule has 3 aliphatic carbocycles. The van der Waals surface area contributed by atoms with E-state index in [2.05, 4.69) is 0 Å². The number of ether oxygens (including phenoxy) is 4. The van der Waals surface area contributed by atoms with Crippen molar-refractivity contribution in [1.82, 2.24) is 0 Å². The average Bonchev–Trinajstić information content (AvgIpc) is 2.74. The molecule has 3 fully saturated rings. The van der Waals surface area contributed by atoms with E-state index in [0.717, 1.165) is 38.3 Å². The van der Waals surface area contributed by atoms with Crippen molar-refractivity contribution >= 4 is 0 Å². The van der Waals surface area contributed by atoms with Crippen molar-refractivity contribution in [2.45, 2.75) is 89.3 Å². The second kappa shape index (κ2) is 12.5. The van der Waals surface area contributed by atoms with Crippen LogP contribution in [0.15, 0.2) is 0 Å². The van der Waals surface area contributed by atoms with Crippen molar-refractivity contribution in [2.75, 3.05) is 40.6 Å². The Kier molecular flexibility index (Phi) is 10.1. The predicted molar refractivity (Wildman–Crippen MR) is 113 cm³/mol. The zero-order valence-corrected chi connectivity index (χ0v) is 18.4. The van der Waals surface area contributed by atoms with Gasteiger partial charge in [-0.1, -0.05) is 19.3 Å². The topological polar surface area (TPSA) is 36.9 Å². The highest BCUT2D eigenvalue weighted by molar-refractivity contribution is 4.76. The summed E-state index contributed by atoms with van der Waals surface area (Å²) in [6, 6.07) is 0. The molecule has 4 nitrogen and oxygen atoms in total. The first-order valence-corrected chi connectivity index (χ1v) is 12.0. The van der Waals surface area contributed by atoms with Crippen LogP contribution in [0, 0.1) is 23.7 Å². The molecule has 0 N–H and O–H groups in total. The molecule has 0 amide bonds. The molecule has 4 heteroatoms. The Labute approximate surface area is 173 Å². The third kappa shape index (κ3) is 7.59. The van der Waals surface area contributed by atoms with Gasteiger partial charge in [-0.05, 0) is 81.5 Å². The number of rotatable bonds is 10. The fraction of sp³-hybridized carbons (Fsp3) is 1.00. The molecule has 0 aromatic carbocycles.